The van der Waals surface area contributed by atoms with E-state index in [0.717, 1.165) is 6.07 Å². The summed E-state index contributed by atoms with van der Waals surface area (Å²) >= 11 is 0. The first-order valence-corrected chi connectivity index (χ1v) is 3.63. The van der Waals surface area contributed by atoms with Crippen molar-refractivity contribution in [2.24, 2.45) is 5.84 Å². The van der Waals surface area contributed by atoms with Crippen LogP contribution in [-0.4, -0.2) is 22.2 Å². The van der Waals surface area contributed by atoms with Crippen LogP contribution in [0.3, 0.4) is 0 Å². The standard InChI is InChI=1S/C8H8N2O4.ClH/c9-10-6-2-4(7(11)12)1-5(3-6)8(13)14;/h1-3,10H,9H2,(H,11,12)(H,13,14);1H. The van der Waals surface area contributed by atoms with Gasteiger partial charge in [0.1, 0.15) is 0 Å². The highest BCUT2D eigenvalue weighted by Gasteiger charge is 2.10. The maximum absolute atomic E-state index is 10.6. The van der Waals surface area contributed by atoms with Crippen LogP contribution in [-0.2, 0) is 0 Å². The summed E-state index contributed by atoms with van der Waals surface area (Å²) in [6.07, 6.45) is 0. The number of hydrogen-bond acceptors (Lipinski definition) is 4. The second kappa shape index (κ2) is 5.18. The van der Waals surface area contributed by atoms with E-state index in [1.807, 2.05) is 0 Å². The van der Waals surface area contributed by atoms with E-state index < -0.39 is 11.9 Å². The lowest BCUT2D eigenvalue weighted by Crippen LogP contribution is -2.10. The summed E-state index contributed by atoms with van der Waals surface area (Å²) in [5.74, 6) is 2.64. The molecule has 0 heterocycles. The average Bonchev–Trinajstić information content (AvgIpc) is 2.16. The fraction of sp³-hybridized carbons (Fsp3) is 0. The fourth-order valence-corrected chi connectivity index (χ4v) is 0.958. The van der Waals surface area contributed by atoms with E-state index in [-0.39, 0.29) is 29.2 Å². The van der Waals surface area contributed by atoms with Gasteiger partial charge in [-0.3, -0.25) is 5.84 Å². The second-order valence-electron chi connectivity index (χ2n) is 2.55. The molecule has 82 valence electrons. The van der Waals surface area contributed by atoms with Gasteiger partial charge in [0.25, 0.3) is 0 Å². The van der Waals surface area contributed by atoms with Crippen molar-refractivity contribution >= 4 is 30.0 Å². The number of halogens is 1. The van der Waals surface area contributed by atoms with Crippen molar-refractivity contribution in [3.05, 3.63) is 29.3 Å². The first-order chi connectivity index (χ1) is 6.54. The highest BCUT2D eigenvalue weighted by atomic mass is 35.5. The van der Waals surface area contributed by atoms with Crippen molar-refractivity contribution in [3.63, 3.8) is 0 Å². The molecule has 0 spiro atoms. The Kier molecular flexibility index (Phi) is 4.56. The van der Waals surface area contributed by atoms with E-state index in [1.165, 1.54) is 12.1 Å². The normalized spacial score (nSPS) is 8.87. The molecule has 5 N–H and O–H groups in total. The maximum atomic E-state index is 10.6. The lowest BCUT2D eigenvalue weighted by molar-refractivity contribution is 0.0696. The van der Waals surface area contributed by atoms with Gasteiger partial charge in [0.2, 0.25) is 0 Å². The Labute approximate surface area is 91.1 Å². The van der Waals surface area contributed by atoms with E-state index in [0.29, 0.717) is 0 Å². The highest BCUT2D eigenvalue weighted by molar-refractivity contribution is 5.95. The van der Waals surface area contributed by atoms with Crippen LogP contribution in [0.15, 0.2) is 18.2 Å². The van der Waals surface area contributed by atoms with Gasteiger partial charge in [-0.15, -0.1) is 12.4 Å². The van der Waals surface area contributed by atoms with Crippen LogP contribution in [0.25, 0.3) is 0 Å². The molecule has 1 aromatic rings. The molecule has 0 saturated carbocycles. The summed E-state index contributed by atoms with van der Waals surface area (Å²) in [4.78, 5) is 21.2. The molecule has 0 aliphatic carbocycles. The van der Waals surface area contributed by atoms with Crippen LogP contribution in [0.2, 0.25) is 0 Å². The molecule has 0 atom stereocenters. The molecule has 0 aromatic heterocycles. The molecule has 7 heteroatoms. The molecule has 0 aliphatic heterocycles. The number of nitrogens with two attached hydrogens (primary N) is 1. The van der Waals surface area contributed by atoms with Crippen molar-refractivity contribution in [1.82, 2.24) is 0 Å². The number of rotatable bonds is 3. The van der Waals surface area contributed by atoms with Crippen molar-refractivity contribution in [2.75, 3.05) is 5.43 Å². The molecule has 0 radical (unpaired) electrons. The summed E-state index contributed by atoms with van der Waals surface area (Å²) in [5.41, 5.74) is 2.18. The summed E-state index contributed by atoms with van der Waals surface area (Å²) < 4.78 is 0. The van der Waals surface area contributed by atoms with Crippen LogP contribution in [0, 0.1) is 0 Å². The number of nitrogen functional groups attached to an aromatic ring is 1. The molecular formula is C8H9ClN2O4. The van der Waals surface area contributed by atoms with Crippen molar-refractivity contribution in [2.45, 2.75) is 0 Å². The smallest absolute Gasteiger partial charge is 0.335 e. The first-order valence-electron chi connectivity index (χ1n) is 3.63. The van der Waals surface area contributed by atoms with E-state index in [9.17, 15) is 9.59 Å². The molecular weight excluding hydrogens is 224 g/mol. The van der Waals surface area contributed by atoms with Gasteiger partial charge in [-0.05, 0) is 18.2 Å². The minimum absolute atomic E-state index is 0. The summed E-state index contributed by atoms with van der Waals surface area (Å²) in [6.45, 7) is 0. The van der Waals surface area contributed by atoms with Crippen LogP contribution >= 0.6 is 12.4 Å². The van der Waals surface area contributed by atoms with Gasteiger partial charge < -0.3 is 15.6 Å². The number of anilines is 1. The largest absolute Gasteiger partial charge is 0.478 e. The predicted molar refractivity (Wildman–Crippen MR) is 55.4 cm³/mol. The molecule has 0 unspecified atom stereocenters. The zero-order chi connectivity index (χ0) is 10.7. The second-order valence-corrected chi connectivity index (χ2v) is 2.55. The Morgan fingerprint density at radius 2 is 1.47 bits per heavy atom. The van der Waals surface area contributed by atoms with Crippen molar-refractivity contribution in [3.8, 4) is 0 Å². The van der Waals surface area contributed by atoms with Gasteiger partial charge in [-0.2, -0.15) is 0 Å². The first kappa shape index (κ1) is 13.2. The summed E-state index contributed by atoms with van der Waals surface area (Å²) in [6, 6.07) is 3.55. The number of hydrazine groups is 1. The number of aromatic carboxylic acids is 2. The topological polar surface area (TPSA) is 113 Å². The Bertz CT molecular complexity index is 362. The van der Waals surface area contributed by atoms with Gasteiger partial charge in [0.05, 0.1) is 16.8 Å². The van der Waals surface area contributed by atoms with Crippen LogP contribution in [0.1, 0.15) is 20.7 Å². The number of carboxylic acid groups (broad SMARTS) is 2. The van der Waals surface area contributed by atoms with Crippen LogP contribution < -0.4 is 11.3 Å². The minimum Gasteiger partial charge on any atom is -0.478 e. The lowest BCUT2D eigenvalue weighted by Gasteiger charge is -2.03. The Balaban J connectivity index is 0.00000196. The van der Waals surface area contributed by atoms with Gasteiger partial charge in [-0.1, -0.05) is 0 Å². The minimum atomic E-state index is -1.20. The maximum Gasteiger partial charge on any atom is 0.335 e. The molecule has 0 amide bonds. The number of hydrogen-bond donors (Lipinski definition) is 4. The van der Waals surface area contributed by atoms with E-state index in [2.05, 4.69) is 5.43 Å². The highest BCUT2D eigenvalue weighted by Crippen LogP contribution is 2.14. The van der Waals surface area contributed by atoms with Crippen LogP contribution in [0.5, 0.6) is 0 Å². The zero-order valence-corrected chi connectivity index (χ0v) is 8.25. The Hall–Kier alpha value is -1.79. The average molecular weight is 233 g/mol. The zero-order valence-electron chi connectivity index (χ0n) is 7.43. The third kappa shape index (κ3) is 3.12. The molecule has 0 fully saturated rings. The van der Waals surface area contributed by atoms with Gasteiger partial charge in [-0.25, -0.2) is 9.59 Å². The molecule has 15 heavy (non-hydrogen) atoms. The predicted octanol–water partition coefficient (Wildman–Crippen LogP) is 0.790. The Morgan fingerprint density at radius 1 is 1.07 bits per heavy atom. The monoisotopic (exact) mass is 232 g/mol. The van der Waals surface area contributed by atoms with Gasteiger partial charge >= 0.3 is 11.9 Å². The molecule has 1 rings (SSSR count). The quantitative estimate of drug-likeness (QED) is 0.453. The van der Waals surface area contributed by atoms with E-state index >= 15 is 0 Å². The van der Waals surface area contributed by atoms with Gasteiger partial charge in [0.15, 0.2) is 0 Å². The molecule has 0 bridgehead atoms. The SMILES string of the molecule is Cl.NNc1cc(C(=O)O)cc(C(=O)O)c1. The van der Waals surface area contributed by atoms with E-state index in [4.69, 9.17) is 16.1 Å². The molecule has 6 nitrogen and oxygen atoms in total. The number of carboxylic acids is 2. The fourth-order valence-electron chi connectivity index (χ4n) is 0.958. The summed E-state index contributed by atoms with van der Waals surface area (Å²) in [7, 11) is 0. The number of nitrogens with one attached hydrogen (secondary N) is 1. The molecule has 0 saturated heterocycles. The van der Waals surface area contributed by atoms with E-state index in [1.54, 1.807) is 0 Å². The summed E-state index contributed by atoms with van der Waals surface area (Å²) in [5, 5.41) is 17.3. The van der Waals surface area contributed by atoms with Crippen molar-refractivity contribution < 1.29 is 19.8 Å². The Morgan fingerprint density at radius 3 is 1.73 bits per heavy atom. The lowest BCUT2D eigenvalue weighted by atomic mass is 10.1. The van der Waals surface area contributed by atoms with Crippen LogP contribution in [0.4, 0.5) is 5.69 Å². The third-order valence-corrected chi connectivity index (χ3v) is 1.59. The molecule has 1 aromatic carbocycles. The number of carbonyl (C=O) groups is 2. The van der Waals surface area contributed by atoms with Crippen molar-refractivity contribution in [1.29, 1.82) is 0 Å². The third-order valence-electron chi connectivity index (χ3n) is 1.59. The van der Waals surface area contributed by atoms with Gasteiger partial charge in [0, 0.05) is 0 Å². The number of benzene rings is 1. The molecule has 0 aliphatic rings.